The number of hydrogen-bond donors (Lipinski definition) is 0. The second kappa shape index (κ2) is 5.19. The third-order valence-electron chi connectivity index (χ3n) is 3.94. The van der Waals surface area contributed by atoms with Gasteiger partial charge in [-0.1, -0.05) is 30.3 Å². The number of epoxide rings is 1. The fourth-order valence-electron chi connectivity index (χ4n) is 2.78. The van der Waals surface area contributed by atoms with Gasteiger partial charge in [0, 0.05) is 6.54 Å². The van der Waals surface area contributed by atoms with Crippen LogP contribution in [0, 0.1) is 5.92 Å². The van der Waals surface area contributed by atoms with E-state index in [9.17, 15) is 0 Å². The summed E-state index contributed by atoms with van der Waals surface area (Å²) in [6.45, 7) is 4.68. The average molecular weight is 231 g/mol. The Morgan fingerprint density at radius 1 is 1.12 bits per heavy atom. The second-order valence-corrected chi connectivity index (χ2v) is 5.39. The van der Waals surface area contributed by atoms with Crippen molar-refractivity contribution < 1.29 is 4.74 Å². The van der Waals surface area contributed by atoms with Crippen LogP contribution in [0.3, 0.4) is 0 Å². The number of rotatable bonds is 4. The zero-order chi connectivity index (χ0) is 11.5. The zero-order valence-electron chi connectivity index (χ0n) is 10.3. The van der Waals surface area contributed by atoms with E-state index in [4.69, 9.17) is 4.74 Å². The zero-order valence-corrected chi connectivity index (χ0v) is 10.3. The molecule has 1 aromatic rings. The van der Waals surface area contributed by atoms with Crippen molar-refractivity contribution in [3.63, 3.8) is 0 Å². The standard InChI is InChI=1S/C15H21NO/c1-2-4-13(5-3-1)10-14-6-8-16(9-7-14)11-15-12-17-15/h1-5,14-15H,6-12H2/t15-/m0/s1. The van der Waals surface area contributed by atoms with Crippen LogP contribution in [0.15, 0.2) is 30.3 Å². The maximum Gasteiger partial charge on any atom is 0.0936 e. The van der Waals surface area contributed by atoms with E-state index in [1.807, 2.05) is 0 Å². The van der Waals surface area contributed by atoms with Crippen LogP contribution in [0.4, 0.5) is 0 Å². The molecule has 17 heavy (non-hydrogen) atoms. The molecule has 0 bridgehead atoms. The summed E-state index contributed by atoms with van der Waals surface area (Å²) in [6.07, 6.45) is 4.51. The summed E-state index contributed by atoms with van der Waals surface area (Å²) in [5, 5.41) is 0. The van der Waals surface area contributed by atoms with Crippen molar-refractivity contribution in [2.45, 2.75) is 25.4 Å². The second-order valence-electron chi connectivity index (χ2n) is 5.39. The third-order valence-corrected chi connectivity index (χ3v) is 3.94. The van der Waals surface area contributed by atoms with Gasteiger partial charge in [0.2, 0.25) is 0 Å². The fourth-order valence-corrected chi connectivity index (χ4v) is 2.78. The molecule has 2 heterocycles. The largest absolute Gasteiger partial charge is 0.372 e. The van der Waals surface area contributed by atoms with Crippen LogP contribution in [0.2, 0.25) is 0 Å². The molecule has 2 fully saturated rings. The van der Waals surface area contributed by atoms with E-state index in [0.717, 1.165) is 19.1 Å². The van der Waals surface area contributed by atoms with Crippen LogP contribution in [0.5, 0.6) is 0 Å². The highest BCUT2D eigenvalue weighted by molar-refractivity contribution is 5.15. The molecule has 0 saturated carbocycles. The Labute approximate surface area is 104 Å². The molecule has 0 amide bonds. The molecule has 2 aliphatic heterocycles. The summed E-state index contributed by atoms with van der Waals surface area (Å²) in [7, 11) is 0. The highest BCUT2D eigenvalue weighted by Crippen LogP contribution is 2.23. The Kier molecular flexibility index (Phi) is 3.44. The average Bonchev–Trinajstić information content (AvgIpc) is 3.17. The fraction of sp³-hybridized carbons (Fsp3) is 0.600. The Bertz CT molecular complexity index is 339. The molecule has 1 atom stereocenters. The molecule has 0 aromatic heterocycles. The lowest BCUT2D eigenvalue weighted by atomic mass is 9.90. The van der Waals surface area contributed by atoms with Crippen LogP contribution < -0.4 is 0 Å². The van der Waals surface area contributed by atoms with Crippen molar-refractivity contribution in [3.05, 3.63) is 35.9 Å². The number of nitrogens with zero attached hydrogens (tertiary/aromatic N) is 1. The van der Waals surface area contributed by atoms with Crippen molar-refractivity contribution in [2.75, 3.05) is 26.2 Å². The van der Waals surface area contributed by atoms with Crippen molar-refractivity contribution in [2.24, 2.45) is 5.92 Å². The SMILES string of the molecule is c1ccc(CC2CCN(C[C@H]3CO3)CC2)cc1. The van der Waals surface area contributed by atoms with Crippen LogP contribution in [0.25, 0.3) is 0 Å². The van der Waals surface area contributed by atoms with E-state index < -0.39 is 0 Å². The third kappa shape index (κ3) is 3.30. The number of hydrogen-bond acceptors (Lipinski definition) is 2. The number of likely N-dealkylation sites (tertiary alicyclic amines) is 1. The van der Waals surface area contributed by atoms with Gasteiger partial charge in [-0.25, -0.2) is 0 Å². The summed E-state index contributed by atoms with van der Waals surface area (Å²) in [5.41, 5.74) is 1.50. The van der Waals surface area contributed by atoms with Crippen LogP contribution in [-0.4, -0.2) is 37.2 Å². The Morgan fingerprint density at radius 3 is 2.47 bits per heavy atom. The lowest BCUT2D eigenvalue weighted by molar-refractivity contribution is 0.170. The molecule has 0 unspecified atom stereocenters. The van der Waals surface area contributed by atoms with Gasteiger partial charge in [-0.05, 0) is 43.8 Å². The molecule has 0 spiro atoms. The molecule has 3 rings (SSSR count). The molecule has 2 saturated heterocycles. The van der Waals surface area contributed by atoms with Crippen molar-refractivity contribution >= 4 is 0 Å². The predicted octanol–water partition coefficient (Wildman–Crippen LogP) is 2.34. The summed E-state index contributed by atoms with van der Waals surface area (Å²) < 4.78 is 5.29. The van der Waals surface area contributed by atoms with Crippen molar-refractivity contribution in [1.29, 1.82) is 0 Å². The quantitative estimate of drug-likeness (QED) is 0.739. The van der Waals surface area contributed by atoms with E-state index in [2.05, 4.69) is 35.2 Å². The minimum atomic E-state index is 0.556. The van der Waals surface area contributed by atoms with Gasteiger partial charge in [0.15, 0.2) is 0 Å². The van der Waals surface area contributed by atoms with Crippen molar-refractivity contribution in [1.82, 2.24) is 4.90 Å². The lowest BCUT2D eigenvalue weighted by Crippen LogP contribution is -2.36. The van der Waals surface area contributed by atoms with Gasteiger partial charge < -0.3 is 9.64 Å². The van der Waals surface area contributed by atoms with Gasteiger partial charge in [-0.3, -0.25) is 0 Å². The van der Waals surface area contributed by atoms with E-state index >= 15 is 0 Å². The topological polar surface area (TPSA) is 15.8 Å². The van der Waals surface area contributed by atoms with Crippen LogP contribution in [-0.2, 0) is 11.2 Å². The molecule has 92 valence electrons. The van der Waals surface area contributed by atoms with E-state index in [0.29, 0.717) is 6.10 Å². The molecule has 0 aliphatic carbocycles. The summed E-state index contributed by atoms with van der Waals surface area (Å²) in [6, 6.07) is 10.9. The summed E-state index contributed by atoms with van der Waals surface area (Å²) in [5.74, 6) is 0.883. The first-order valence-corrected chi connectivity index (χ1v) is 6.78. The molecule has 2 aliphatic rings. The molecule has 2 nitrogen and oxygen atoms in total. The minimum absolute atomic E-state index is 0.556. The normalized spacial score (nSPS) is 26.0. The van der Waals surface area contributed by atoms with E-state index in [1.54, 1.807) is 0 Å². The van der Waals surface area contributed by atoms with E-state index in [1.165, 1.54) is 37.9 Å². The van der Waals surface area contributed by atoms with Gasteiger partial charge in [0.05, 0.1) is 12.7 Å². The molecular formula is C15H21NO. The molecule has 2 heteroatoms. The minimum Gasteiger partial charge on any atom is -0.372 e. The van der Waals surface area contributed by atoms with Gasteiger partial charge in [-0.15, -0.1) is 0 Å². The van der Waals surface area contributed by atoms with Crippen LogP contribution >= 0.6 is 0 Å². The summed E-state index contributed by atoms with van der Waals surface area (Å²) in [4.78, 5) is 2.57. The first-order chi connectivity index (χ1) is 8.40. The Hall–Kier alpha value is -0.860. The number of ether oxygens (including phenoxy) is 1. The first kappa shape index (κ1) is 11.2. The highest BCUT2D eigenvalue weighted by atomic mass is 16.6. The molecule has 0 radical (unpaired) electrons. The smallest absolute Gasteiger partial charge is 0.0936 e. The van der Waals surface area contributed by atoms with Gasteiger partial charge in [-0.2, -0.15) is 0 Å². The van der Waals surface area contributed by atoms with Crippen molar-refractivity contribution in [3.8, 4) is 0 Å². The monoisotopic (exact) mass is 231 g/mol. The maximum atomic E-state index is 5.29. The first-order valence-electron chi connectivity index (χ1n) is 6.78. The summed E-state index contributed by atoms with van der Waals surface area (Å²) >= 11 is 0. The van der Waals surface area contributed by atoms with Gasteiger partial charge in [0.1, 0.15) is 0 Å². The van der Waals surface area contributed by atoms with Crippen LogP contribution in [0.1, 0.15) is 18.4 Å². The number of piperidine rings is 1. The molecular weight excluding hydrogens is 210 g/mol. The predicted molar refractivity (Wildman–Crippen MR) is 69.1 cm³/mol. The van der Waals surface area contributed by atoms with Gasteiger partial charge >= 0.3 is 0 Å². The Morgan fingerprint density at radius 2 is 1.82 bits per heavy atom. The highest BCUT2D eigenvalue weighted by Gasteiger charge is 2.27. The lowest BCUT2D eigenvalue weighted by Gasteiger charge is -2.31. The van der Waals surface area contributed by atoms with E-state index in [-0.39, 0.29) is 0 Å². The van der Waals surface area contributed by atoms with Gasteiger partial charge in [0.25, 0.3) is 0 Å². The molecule has 1 aromatic carbocycles. The Balaban J connectivity index is 1.44. The molecule has 0 N–H and O–H groups in total. The number of benzene rings is 1. The maximum absolute atomic E-state index is 5.29.